The molecule has 9 heavy (non-hydrogen) atoms. The number of rotatable bonds is 1. The molecular formula is C2BF6-. The molecule has 0 atom stereocenters. The maximum absolute atomic E-state index is 11.1. The van der Waals surface area contributed by atoms with Crippen LogP contribution in [0.4, 0.5) is 26.1 Å². The van der Waals surface area contributed by atoms with Gasteiger partial charge in [0.15, 0.2) is 0 Å². The van der Waals surface area contributed by atoms with Gasteiger partial charge >= 0.3 is 6.98 Å². The summed E-state index contributed by atoms with van der Waals surface area (Å²) in [5.41, 5.74) is -3.27. The second-order valence-corrected chi connectivity index (χ2v) is 1.18. The lowest BCUT2D eigenvalue weighted by molar-refractivity contribution is 0.365. The predicted octanol–water partition coefficient (Wildman–Crippen LogP) is 2.45. The van der Waals surface area contributed by atoms with Gasteiger partial charge in [0.05, 0.1) is 0 Å². The van der Waals surface area contributed by atoms with E-state index < -0.39 is 18.8 Å². The van der Waals surface area contributed by atoms with Crippen LogP contribution in [0, 0.1) is 0 Å². The van der Waals surface area contributed by atoms with Crippen molar-refractivity contribution >= 4 is 6.98 Å². The molecule has 0 aromatic heterocycles. The number of hydrogen-bond donors (Lipinski definition) is 0. The Morgan fingerprint density at radius 3 is 1.22 bits per heavy atom. The van der Waals surface area contributed by atoms with Crippen LogP contribution in [0.25, 0.3) is 0 Å². The second-order valence-electron chi connectivity index (χ2n) is 1.18. The van der Waals surface area contributed by atoms with Gasteiger partial charge in [0.1, 0.15) is 5.73 Å². The van der Waals surface area contributed by atoms with Gasteiger partial charge in [-0.2, -0.15) is 8.78 Å². The topological polar surface area (TPSA) is 0 Å². The molecule has 0 saturated carbocycles. The van der Waals surface area contributed by atoms with E-state index >= 15 is 0 Å². The van der Waals surface area contributed by atoms with Crippen LogP contribution in [0.2, 0.25) is 0 Å². The van der Waals surface area contributed by atoms with E-state index in [4.69, 9.17) is 0 Å². The quantitative estimate of drug-likeness (QED) is 0.396. The minimum Gasteiger partial charge on any atom is -0.443 e. The van der Waals surface area contributed by atoms with Crippen molar-refractivity contribution in [1.29, 1.82) is 0 Å². The Balaban J connectivity index is 4.40. The fourth-order valence-electron chi connectivity index (χ4n) is 0.124. The summed E-state index contributed by atoms with van der Waals surface area (Å²) in [6.07, 6.45) is -3.32. The molecule has 0 amide bonds. The molecule has 0 N–H and O–H groups in total. The average molecular weight is 149 g/mol. The standard InChI is InChI=1S/C2BF6/c4-1(2(5)6)3(7,8)9/q-1. The van der Waals surface area contributed by atoms with Crippen molar-refractivity contribution in [2.75, 3.05) is 0 Å². The molecule has 0 aliphatic heterocycles. The number of halogens is 6. The first-order chi connectivity index (χ1) is 3.85. The second kappa shape index (κ2) is 2.32. The van der Waals surface area contributed by atoms with Crippen LogP contribution in [0.3, 0.4) is 0 Å². The van der Waals surface area contributed by atoms with E-state index in [-0.39, 0.29) is 0 Å². The zero-order valence-electron chi connectivity index (χ0n) is 3.85. The lowest BCUT2D eigenvalue weighted by atomic mass is 9.91. The molecule has 0 spiro atoms. The summed E-state index contributed by atoms with van der Waals surface area (Å²) in [6.45, 7) is -6.14. The average Bonchev–Trinajstić information content (AvgIpc) is 1.62. The van der Waals surface area contributed by atoms with E-state index in [1.165, 1.54) is 0 Å². The summed E-state index contributed by atoms with van der Waals surface area (Å²) in [4.78, 5) is 0. The SMILES string of the molecule is FC(F)=C(F)[B-](F)(F)F. The minimum absolute atomic E-state index is 3.27. The van der Waals surface area contributed by atoms with Crippen LogP contribution < -0.4 is 0 Å². The molecule has 7 heteroatoms. The Hall–Kier alpha value is -0.615. The van der Waals surface area contributed by atoms with Gasteiger partial charge in [0.25, 0.3) is 6.08 Å². The summed E-state index contributed by atoms with van der Waals surface area (Å²) in [5.74, 6) is 0. The minimum atomic E-state index is -6.14. The fourth-order valence-corrected chi connectivity index (χ4v) is 0.124. The van der Waals surface area contributed by atoms with Crippen LogP contribution in [0.5, 0.6) is 0 Å². The summed E-state index contributed by atoms with van der Waals surface area (Å²) in [5, 5.41) is 0. The van der Waals surface area contributed by atoms with E-state index in [0.29, 0.717) is 0 Å². The van der Waals surface area contributed by atoms with Crippen molar-refractivity contribution < 1.29 is 26.1 Å². The summed E-state index contributed by atoms with van der Waals surface area (Å²) in [7, 11) is 0. The van der Waals surface area contributed by atoms with Gasteiger partial charge in [-0.05, 0) is 0 Å². The first-order valence-corrected chi connectivity index (χ1v) is 1.76. The third-order valence-electron chi connectivity index (χ3n) is 0.468. The first-order valence-electron chi connectivity index (χ1n) is 1.76. The van der Waals surface area contributed by atoms with E-state index in [1.807, 2.05) is 0 Å². The highest BCUT2D eigenvalue weighted by Crippen LogP contribution is 2.24. The first kappa shape index (κ1) is 8.38. The summed E-state index contributed by atoms with van der Waals surface area (Å²) < 4.78 is 65.1. The molecule has 0 bridgehead atoms. The van der Waals surface area contributed by atoms with Crippen LogP contribution in [0.15, 0.2) is 11.8 Å². The van der Waals surface area contributed by atoms with Crippen molar-refractivity contribution in [3.63, 3.8) is 0 Å². The van der Waals surface area contributed by atoms with Crippen LogP contribution >= 0.6 is 0 Å². The highest BCUT2D eigenvalue weighted by molar-refractivity contribution is 6.66. The van der Waals surface area contributed by atoms with Gasteiger partial charge in [0, 0.05) is 0 Å². The molecule has 0 aliphatic rings. The molecule has 0 aliphatic carbocycles. The molecule has 0 unspecified atom stereocenters. The van der Waals surface area contributed by atoms with Gasteiger partial charge in [-0.1, -0.05) is 0 Å². The molecular weight excluding hydrogens is 149 g/mol. The molecule has 0 fully saturated rings. The van der Waals surface area contributed by atoms with E-state index in [0.717, 1.165) is 0 Å². The molecule has 0 aromatic carbocycles. The summed E-state index contributed by atoms with van der Waals surface area (Å²) in [6, 6.07) is 0. The molecule has 0 rings (SSSR count). The normalized spacial score (nSPS) is 11.3. The third kappa shape index (κ3) is 2.43. The van der Waals surface area contributed by atoms with Crippen LogP contribution in [0.1, 0.15) is 0 Å². The van der Waals surface area contributed by atoms with Crippen molar-refractivity contribution in [3.8, 4) is 0 Å². The van der Waals surface area contributed by atoms with Crippen LogP contribution in [-0.4, -0.2) is 6.98 Å². The van der Waals surface area contributed by atoms with Gasteiger partial charge in [-0.3, -0.25) is 0 Å². The van der Waals surface area contributed by atoms with Crippen molar-refractivity contribution in [3.05, 3.63) is 11.8 Å². The lowest BCUT2D eigenvalue weighted by Crippen LogP contribution is -2.16. The molecule has 0 nitrogen and oxygen atoms in total. The molecule has 0 radical (unpaired) electrons. The monoisotopic (exact) mass is 149 g/mol. The molecule has 54 valence electrons. The van der Waals surface area contributed by atoms with Crippen LogP contribution in [-0.2, 0) is 0 Å². The van der Waals surface area contributed by atoms with Crippen molar-refractivity contribution in [2.45, 2.75) is 0 Å². The Bertz CT molecular complexity index is 128. The van der Waals surface area contributed by atoms with E-state index in [9.17, 15) is 26.1 Å². The van der Waals surface area contributed by atoms with Gasteiger partial charge in [-0.15, -0.1) is 0 Å². The highest BCUT2D eigenvalue weighted by atomic mass is 19.4. The molecule has 0 aromatic rings. The Morgan fingerprint density at radius 2 is 1.22 bits per heavy atom. The van der Waals surface area contributed by atoms with E-state index in [2.05, 4.69) is 0 Å². The number of hydrogen-bond acceptors (Lipinski definition) is 0. The zero-order valence-corrected chi connectivity index (χ0v) is 3.85. The highest BCUT2D eigenvalue weighted by Gasteiger charge is 2.33. The third-order valence-corrected chi connectivity index (χ3v) is 0.468. The molecule has 0 heterocycles. The van der Waals surface area contributed by atoms with Gasteiger partial charge in [0.2, 0.25) is 0 Å². The summed E-state index contributed by atoms with van der Waals surface area (Å²) >= 11 is 0. The van der Waals surface area contributed by atoms with Crippen molar-refractivity contribution in [1.82, 2.24) is 0 Å². The largest absolute Gasteiger partial charge is 0.543 e. The zero-order chi connectivity index (χ0) is 7.65. The fraction of sp³-hybridized carbons (Fsp3) is 0. The Labute approximate surface area is 46.2 Å². The maximum atomic E-state index is 11.1. The molecule has 0 saturated heterocycles. The Kier molecular flexibility index (Phi) is 2.16. The van der Waals surface area contributed by atoms with Gasteiger partial charge < -0.3 is 12.9 Å². The van der Waals surface area contributed by atoms with Gasteiger partial charge in [-0.25, -0.2) is 4.39 Å². The van der Waals surface area contributed by atoms with Crippen molar-refractivity contribution in [2.24, 2.45) is 0 Å². The predicted molar refractivity (Wildman–Crippen MR) is 19.4 cm³/mol. The Morgan fingerprint density at radius 1 is 0.889 bits per heavy atom. The maximum Gasteiger partial charge on any atom is 0.543 e. The smallest absolute Gasteiger partial charge is 0.443 e. The lowest BCUT2D eigenvalue weighted by Gasteiger charge is -2.08. The van der Waals surface area contributed by atoms with E-state index in [1.54, 1.807) is 0 Å².